The molecule has 21 heavy (non-hydrogen) atoms. The Labute approximate surface area is 117 Å². The molecule has 0 aliphatic heterocycles. The molecule has 0 unspecified atom stereocenters. The third-order valence-electron chi connectivity index (χ3n) is 2.79. The molecule has 3 aromatic rings. The highest BCUT2D eigenvalue weighted by atomic mass is 16.6. The predicted octanol–water partition coefficient (Wildman–Crippen LogP) is 2.05. The van der Waals surface area contributed by atoms with Gasteiger partial charge in [-0.15, -0.1) is 5.10 Å². The molecule has 3 rings (SSSR count). The fourth-order valence-electron chi connectivity index (χ4n) is 1.85. The molecule has 0 aliphatic rings. The maximum Gasteiger partial charge on any atom is 0.437 e. The van der Waals surface area contributed by atoms with Crippen molar-refractivity contribution in [3.05, 3.63) is 68.9 Å². The molecule has 0 N–H and O–H groups in total. The van der Waals surface area contributed by atoms with E-state index in [4.69, 9.17) is 8.83 Å². The second-order valence-corrected chi connectivity index (χ2v) is 4.24. The van der Waals surface area contributed by atoms with E-state index in [1.54, 1.807) is 24.3 Å². The molecule has 0 bridgehead atoms. The summed E-state index contributed by atoms with van der Waals surface area (Å²) in [7, 11) is 0. The Morgan fingerprint density at radius 2 is 2.14 bits per heavy atom. The van der Waals surface area contributed by atoms with Crippen LogP contribution in [0.4, 0.5) is 5.69 Å². The average Bonchev–Trinajstić information content (AvgIpc) is 3.10. The number of nitro groups is 1. The van der Waals surface area contributed by atoms with E-state index in [-0.39, 0.29) is 18.1 Å². The molecule has 0 amide bonds. The lowest BCUT2D eigenvalue weighted by molar-refractivity contribution is -0.384. The lowest BCUT2D eigenvalue weighted by Gasteiger charge is -1.99. The minimum Gasteiger partial charge on any atom is -0.459 e. The van der Waals surface area contributed by atoms with E-state index in [0.29, 0.717) is 11.3 Å². The van der Waals surface area contributed by atoms with Crippen molar-refractivity contribution in [2.45, 2.75) is 6.54 Å². The van der Waals surface area contributed by atoms with E-state index in [9.17, 15) is 14.9 Å². The number of benzene rings is 1. The molecule has 106 valence electrons. The van der Waals surface area contributed by atoms with Gasteiger partial charge in [0.05, 0.1) is 17.7 Å². The maximum absolute atomic E-state index is 11.7. The Balaban J connectivity index is 1.90. The van der Waals surface area contributed by atoms with Crippen LogP contribution in [0.5, 0.6) is 0 Å². The Morgan fingerprint density at radius 3 is 2.86 bits per heavy atom. The number of rotatable bonds is 4. The summed E-state index contributed by atoms with van der Waals surface area (Å²) >= 11 is 0. The number of aromatic nitrogens is 2. The maximum atomic E-state index is 11.7. The second kappa shape index (κ2) is 5.08. The van der Waals surface area contributed by atoms with Crippen molar-refractivity contribution in [1.82, 2.24) is 9.78 Å². The minimum atomic E-state index is -0.659. The Morgan fingerprint density at radius 1 is 1.29 bits per heavy atom. The van der Waals surface area contributed by atoms with Crippen molar-refractivity contribution in [3.8, 4) is 11.7 Å². The molecule has 8 heteroatoms. The number of furan rings is 1. The highest BCUT2D eigenvalue weighted by molar-refractivity contribution is 5.42. The van der Waals surface area contributed by atoms with E-state index in [1.165, 1.54) is 18.4 Å². The highest BCUT2D eigenvalue weighted by Gasteiger charge is 2.13. The van der Waals surface area contributed by atoms with Crippen molar-refractivity contribution in [1.29, 1.82) is 0 Å². The summed E-state index contributed by atoms with van der Waals surface area (Å²) in [6, 6.07) is 9.24. The minimum absolute atomic E-state index is 0.0460. The SMILES string of the molecule is O=c1oc(-c2ccco2)nn1Cc1cccc([N+](=O)[O-])c1. The molecule has 2 aromatic heterocycles. The lowest BCUT2D eigenvalue weighted by Crippen LogP contribution is -2.16. The number of hydrogen-bond acceptors (Lipinski definition) is 6. The first-order chi connectivity index (χ1) is 10.1. The van der Waals surface area contributed by atoms with Crippen LogP contribution in [0.2, 0.25) is 0 Å². The second-order valence-electron chi connectivity index (χ2n) is 4.24. The van der Waals surface area contributed by atoms with Gasteiger partial charge in [0, 0.05) is 12.1 Å². The summed E-state index contributed by atoms with van der Waals surface area (Å²) in [6.45, 7) is 0.0741. The Bertz CT molecular complexity index is 832. The van der Waals surface area contributed by atoms with E-state index in [0.717, 1.165) is 4.68 Å². The fourth-order valence-corrected chi connectivity index (χ4v) is 1.85. The third kappa shape index (κ3) is 2.59. The van der Waals surface area contributed by atoms with Gasteiger partial charge in [-0.1, -0.05) is 12.1 Å². The normalized spacial score (nSPS) is 10.7. The number of nitrogens with zero attached hydrogens (tertiary/aromatic N) is 3. The zero-order chi connectivity index (χ0) is 14.8. The first kappa shape index (κ1) is 12.9. The van der Waals surface area contributed by atoms with Gasteiger partial charge in [-0.3, -0.25) is 10.1 Å². The molecule has 0 saturated heterocycles. The van der Waals surface area contributed by atoms with Crippen LogP contribution in [0.1, 0.15) is 5.56 Å². The number of non-ortho nitro benzene ring substituents is 1. The van der Waals surface area contributed by atoms with Gasteiger partial charge in [0.1, 0.15) is 0 Å². The largest absolute Gasteiger partial charge is 0.459 e. The van der Waals surface area contributed by atoms with E-state index < -0.39 is 10.7 Å². The summed E-state index contributed by atoms with van der Waals surface area (Å²) in [6.07, 6.45) is 1.44. The highest BCUT2D eigenvalue weighted by Crippen LogP contribution is 2.16. The molecule has 8 nitrogen and oxygen atoms in total. The van der Waals surface area contributed by atoms with Crippen LogP contribution >= 0.6 is 0 Å². The molecule has 0 atom stereocenters. The van der Waals surface area contributed by atoms with Crippen molar-refractivity contribution in [2.75, 3.05) is 0 Å². The summed E-state index contributed by atoms with van der Waals surface area (Å²) in [5.74, 6) is -0.256. The van der Waals surface area contributed by atoms with Crippen molar-refractivity contribution in [3.63, 3.8) is 0 Å². The monoisotopic (exact) mass is 287 g/mol. The fraction of sp³-hybridized carbons (Fsp3) is 0.0769. The summed E-state index contributed by atoms with van der Waals surface area (Å²) in [5.41, 5.74) is 0.529. The summed E-state index contributed by atoms with van der Waals surface area (Å²) < 4.78 is 11.1. The van der Waals surface area contributed by atoms with Crippen molar-refractivity contribution < 1.29 is 13.8 Å². The van der Waals surface area contributed by atoms with Gasteiger partial charge in [-0.05, 0) is 17.7 Å². The molecule has 2 heterocycles. The third-order valence-corrected chi connectivity index (χ3v) is 2.79. The first-order valence-corrected chi connectivity index (χ1v) is 5.98. The molecular weight excluding hydrogens is 278 g/mol. The molecule has 1 aromatic carbocycles. The quantitative estimate of drug-likeness (QED) is 0.537. The van der Waals surface area contributed by atoms with E-state index >= 15 is 0 Å². The van der Waals surface area contributed by atoms with Crippen LogP contribution in [-0.2, 0) is 6.54 Å². The van der Waals surface area contributed by atoms with Crippen LogP contribution in [0.3, 0.4) is 0 Å². The van der Waals surface area contributed by atoms with Crippen molar-refractivity contribution >= 4 is 5.69 Å². The molecule has 0 spiro atoms. The van der Waals surface area contributed by atoms with Gasteiger partial charge in [-0.2, -0.15) is 4.68 Å². The van der Waals surface area contributed by atoms with Gasteiger partial charge in [-0.25, -0.2) is 4.79 Å². The molecule has 0 fully saturated rings. The molecule has 0 radical (unpaired) electrons. The van der Waals surface area contributed by atoms with Gasteiger partial charge >= 0.3 is 5.76 Å². The molecular formula is C13H9N3O5. The van der Waals surface area contributed by atoms with Gasteiger partial charge in [0.15, 0.2) is 5.76 Å². The van der Waals surface area contributed by atoms with Gasteiger partial charge in [0.25, 0.3) is 11.6 Å². The van der Waals surface area contributed by atoms with E-state index in [1.807, 2.05) is 0 Å². The molecule has 0 aliphatic carbocycles. The number of hydrogen-bond donors (Lipinski definition) is 0. The van der Waals surface area contributed by atoms with E-state index in [2.05, 4.69) is 5.10 Å². The lowest BCUT2D eigenvalue weighted by atomic mass is 10.2. The van der Waals surface area contributed by atoms with Crippen molar-refractivity contribution in [2.24, 2.45) is 0 Å². The van der Waals surface area contributed by atoms with Crippen LogP contribution in [0.25, 0.3) is 11.7 Å². The Kier molecular flexibility index (Phi) is 3.11. The standard InChI is InChI=1S/C13H9N3O5/c17-13-15(14-12(21-13)11-5-2-6-20-11)8-9-3-1-4-10(7-9)16(18)19/h1-7H,8H2. The molecule has 0 saturated carbocycles. The first-order valence-electron chi connectivity index (χ1n) is 5.98. The summed E-state index contributed by atoms with van der Waals surface area (Å²) in [5, 5.41) is 14.7. The Hall–Kier alpha value is -3.16. The predicted molar refractivity (Wildman–Crippen MR) is 70.7 cm³/mol. The van der Waals surface area contributed by atoms with Gasteiger partial charge in [0.2, 0.25) is 0 Å². The zero-order valence-electron chi connectivity index (χ0n) is 10.6. The van der Waals surface area contributed by atoms with Crippen LogP contribution in [0, 0.1) is 10.1 Å². The number of nitro benzene ring substituents is 1. The van der Waals surface area contributed by atoms with Crippen LogP contribution < -0.4 is 5.76 Å². The van der Waals surface area contributed by atoms with Gasteiger partial charge < -0.3 is 8.83 Å². The zero-order valence-corrected chi connectivity index (χ0v) is 10.6. The summed E-state index contributed by atoms with van der Waals surface area (Å²) in [4.78, 5) is 21.9. The van der Waals surface area contributed by atoms with Crippen LogP contribution in [-0.4, -0.2) is 14.7 Å². The topological polar surface area (TPSA) is 104 Å². The smallest absolute Gasteiger partial charge is 0.437 e. The van der Waals surface area contributed by atoms with Crippen LogP contribution in [0.15, 0.2) is 56.3 Å². The average molecular weight is 287 g/mol.